The van der Waals surface area contributed by atoms with E-state index in [2.05, 4.69) is 10.2 Å². The number of piperazine rings is 1. The van der Waals surface area contributed by atoms with Gasteiger partial charge in [0.1, 0.15) is 0 Å². The average Bonchev–Trinajstić information content (AvgIpc) is 2.82. The van der Waals surface area contributed by atoms with Crippen molar-refractivity contribution in [2.45, 2.75) is 6.92 Å². The van der Waals surface area contributed by atoms with Gasteiger partial charge in [-0.15, -0.1) is 0 Å². The Morgan fingerprint density at radius 2 is 1.78 bits per heavy atom. The lowest BCUT2D eigenvalue weighted by Gasteiger charge is -2.36. The highest BCUT2D eigenvalue weighted by atomic mass is 35.5. The summed E-state index contributed by atoms with van der Waals surface area (Å²) in [7, 11) is 1.55. The summed E-state index contributed by atoms with van der Waals surface area (Å²) in [5.74, 6) is 0.545. The van der Waals surface area contributed by atoms with Crippen molar-refractivity contribution in [2.24, 2.45) is 0 Å². The first kappa shape index (κ1) is 23.5. The number of anilines is 1. The summed E-state index contributed by atoms with van der Waals surface area (Å²) < 4.78 is 10.9. The second-order valence-electron chi connectivity index (χ2n) is 7.32. The van der Waals surface area contributed by atoms with Crippen LogP contribution >= 0.6 is 11.6 Å². The van der Waals surface area contributed by atoms with Crippen LogP contribution in [0.25, 0.3) is 6.08 Å². The van der Waals surface area contributed by atoms with Crippen LogP contribution in [-0.2, 0) is 9.59 Å². The van der Waals surface area contributed by atoms with Crippen LogP contribution in [0.5, 0.6) is 11.5 Å². The van der Waals surface area contributed by atoms with E-state index in [1.165, 1.54) is 0 Å². The van der Waals surface area contributed by atoms with Crippen molar-refractivity contribution >= 4 is 35.2 Å². The lowest BCUT2D eigenvalue weighted by molar-refractivity contribution is -0.133. The minimum Gasteiger partial charge on any atom is -0.493 e. The van der Waals surface area contributed by atoms with Gasteiger partial charge in [-0.2, -0.15) is 0 Å². The van der Waals surface area contributed by atoms with Crippen molar-refractivity contribution in [2.75, 3.05) is 51.3 Å². The van der Waals surface area contributed by atoms with Crippen LogP contribution in [0.15, 0.2) is 48.5 Å². The molecule has 0 spiro atoms. The number of ether oxygens (including phenoxy) is 2. The van der Waals surface area contributed by atoms with Gasteiger partial charge in [0.25, 0.3) is 5.91 Å². The fourth-order valence-corrected chi connectivity index (χ4v) is 3.57. The molecule has 1 saturated heterocycles. The molecule has 0 aromatic heterocycles. The van der Waals surface area contributed by atoms with Crippen molar-refractivity contribution in [1.29, 1.82) is 0 Å². The van der Waals surface area contributed by atoms with Crippen LogP contribution in [0.3, 0.4) is 0 Å². The standard InChI is InChI=1S/C24H28ClN3O4/c1-3-4-18-5-10-21(22(15-18)31-2)32-17-23(29)26-16-24(30)28-13-11-27(12-14-28)20-8-6-19(25)7-9-20/h3-10,15H,11-14,16-17H2,1-2H3,(H,26,29)/b4-3+. The third-order valence-electron chi connectivity index (χ3n) is 5.17. The molecule has 1 fully saturated rings. The Bertz CT molecular complexity index is 954. The third-order valence-corrected chi connectivity index (χ3v) is 5.42. The van der Waals surface area contributed by atoms with E-state index in [0.29, 0.717) is 29.6 Å². The van der Waals surface area contributed by atoms with E-state index in [4.69, 9.17) is 21.1 Å². The predicted molar refractivity (Wildman–Crippen MR) is 126 cm³/mol. The number of halogens is 1. The molecule has 1 heterocycles. The van der Waals surface area contributed by atoms with Crippen LogP contribution in [0.2, 0.25) is 5.02 Å². The van der Waals surface area contributed by atoms with E-state index in [1.54, 1.807) is 18.1 Å². The van der Waals surface area contributed by atoms with Crippen molar-refractivity contribution in [3.63, 3.8) is 0 Å². The highest BCUT2D eigenvalue weighted by Crippen LogP contribution is 2.28. The zero-order chi connectivity index (χ0) is 22.9. The van der Waals surface area contributed by atoms with Gasteiger partial charge in [-0.1, -0.05) is 29.8 Å². The zero-order valence-corrected chi connectivity index (χ0v) is 19.1. The van der Waals surface area contributed by atoms with Gasteiger partial charge in [-0.25, -0.2) is 0 Å². The minimum atomic E-state index is -0.363. The lowest BCUT2D eigenvalue weighted by Crippen LogP contribution is -2.51. The Kier molecular flexibility index (Phi) is 8.39. The Balaban J connectivity index is 1.41. The number of benzene rings is 2. The number of rotatable bonds is 8. The molecule has 1 aliphatic rings. The molecule has 8 heteroatoms. The first-order valence-corrected chi connectivity index (χ1v) is 10.9. The SMILES string of the molecule is C/C=C/c1ccc(OCC(=O)NCC(=O)N2CCN(c3ccc(Cl)cc3)CC2)c(OC)c1. The molecule has 0 unspecified atom stereocenters. The van der Waals surface area contributed by atoms with E-state index in [0.717, 1.165) is 24.3 Å². The Hall–Kier alpha value is -3.19. The van der Waals surface area contributed by atoms with Crippen LogP contribution in [0.4, 0.5) is 5.69 Å². The average molecular weight is 458 g/mol. The van der Waals surface area contributed by atoms with Gasteiger partial charge < -0.3 is 24.6 Å². The van der Waals surface area contributed by atoms with Crippen molar-refractivity contribution in [3.8, 4) is 11.5 Å². The monoisotopic (exact) mass is 457 g/mol. The summed E-state index contributed by atoms with van der Waals surface area (Å²) in [5, 5.41) is 3.33. The first-order chi connectivity index (χ1) is 15.5. The number of hydrogen-bond acceptors (Lipinski definition) is 5. The molecule has 7 nitrogen and oxygen atoms in total. The largest absolute Gasteiger partial charge is 0.493 e. The summed E-state index contributed by atoms with van der Waals surface area (Å²) >= 11 is 5.94. The molecule has 170 valence electrons. The third kappa shape index (κ3) is 6.40. The molecule has 0 radical (unpaired) electrons. The fraction of sp³-hybridized carbons (Fsp3) is 0.333. The maximum atomic E-state index is 12.5. The van der Waals surface area contributed by atoms with Crippen LogP contribution in [-0.4, -0.2) is 63.2 Å². The van der Waals surface area contributed by atoms with Gasteiger partial charge in [0, 0.05) is 36.9 Å². The first-order valence-electron chi connectivity index (χ1n) is 10.5. The van der Waals surface area contributed by atoms with E-state index < -0.39 is 0 Å². The molecule has 2 aromatic rings. The molecule has 0 atom stereocenters. The number of allylic oxidation sites excluding steroid dienone is 1. The number of hydrogen-bond donors (Lipinski definition) is 1. The summed E-state index contributed by atoms with van der Waals surface area (Å²) in [6.45, 7) is 4.34. The second-order valence-corrected chi connectivity index (χ2v) is 7.76. The van der Waals surface area contributed by atoms with Gasteiger partial charge in [-0.3, -0.25) is 9.59 Å². The Labute approximate surface area is 193 Å². The van der Waals surface area contributed by atoms with Gasteiger partial charge in [0.2, 0.25) is 5.91 Å². The maximum Gasteiger partial charge on any atom is 0.258 e. The number of carbonyl (C=O) groups excluding carboxylic acids is 2. The van der Waals surface area contributed by atoms with E-state index in [9.17, 15) is 9.59 Å². The molecule has 0 bridgehead atoms. The molecule has 2 aromatic carbocycles. The van der Waals surface area contributed by atoms with Crippen molar-refractivity contribution in [3.05, 3.63) is 59.1 Å². The van der Waals surface area contributed by atoms with E-state index >= 15 is 0 Å². The van der Waals surface area contributed by atoms with Gasteiger partial charge in [0.05, 0.1) is 13.7 Å². The molecule has 2 amide bonds. The molecule has 1 aliphatic heterocycles. The smallest absolute Gasteiger partial charge is 0.258 e. The molecule has 32 heavy (non-hydrogen) atoms. The van der Waals surface area contributed by atoms with Gasteiger partial charge >= 0.3 is 0 Å². The molecule has 0 saturated carbocycles. The number of nitrogens with one attached hydrogen (secondary N) is 1. The quantitative estimate of drug-likeness (QED) is 0.659. The lowest BCUT2D eigenvalue weighted by atomic mass is 10.2. The van der Waals surface area contributed by atoms with Crippen molar-refractivity contribution < 1.29 is 19.1 Å². The zero-order valence-electron chi connectivity index (χ0n) is 18.3. The fourth-order valence-electron chi connectivity index (χ4n) is 3.45. The summed E-state index contributed by atoms with van der Waals surface area (Å²) in [6.07, 6.45) is 3.87. The molecule has 0 aliphatic carbocycles. The normalized spacial score (nSPS) is 13.8. The molecule has 3 rings (SSSR count). The predicted octanol–water partition coefficient (Wildman–Crippen LogP) is 3.23. The van der Waals surface area contributed by atoms with Crippen LogP contribution < -0.4 is 19.7 Å². The molecule has 1 N–H and O–H groups in total. The Morgan fingerprint density at radius 1 is 1.06 bits per heavy atom. The number of carbonyl (C=O) groups is 2. The van der Waals surface area contributed by atoms with Gasteiger partial charge in [0.15, 0.2) is 18.1 Å². The molecular formula is C24H28ClN3O4. The molecular weight excluding hydrogens is 430 g/mol. The topological polar surface area (TPSA) is 71.1 Å². The summed E-state index contributed by atoms with van der Waals surface area (Å²) in [4.78, 5) is 28.6. The minimum absolute atomic E-state index is 0.0551. The van der Waals surface area contributed by atoms with E-state index in [1.807, 2.05) is 55.5 Å². The van der Waals surface area contributed by atoms with Gasteiger partial charge in [-0.05, 0) is 48.9 Å². The highest BCUT2D eigenvalue weighted by Gasteiger charge is 2.21. The number of methoxy groups -OCH3 is 1. The summed E-state index contributed by atoms with van der Waals surface area (Å²) in [5.41, 5.74) is 2.06. The van der Waals surface area contributed by atoms with Crippen LogP contribution in [0.1, 0.15) is 12.5 Å². The summed E-state index contributed by atoms with van der Waals surface area (Å²) in [6, 6.07) is 13.1. The van der Waals surface area contributed by atoms with Crippen molar-refractivity contribution in [1.82, 2.24) is 10.2 Å². The Morgan fingerprint density at radius 3 is 2.44 bits per heavy atom. The van der Waals surface area contributed by atoms with Crippen LogP contribution in [0, 0.1) is 0 Å². The maximum absolute atomic E-state index is 12.5. The highest BCUT2D eigenvalue weighted by molar-refractivity contribution is 6.30. The number of nitrogens with zero attached hydrogens (tertiary/aromatic N) is 2. The van der Waals surface area contributed by atoms with E-state index in [-0.39, 0.29) is 25.0 Å². The number of amides is 2. The second kappa shape index (κ2) is 11.4.